The van der Waals surface area contributed by atoms with Gasteiger partial charge >= 0.3 is 0 Å². The van der Waals surface area contributed by atoms with Crippen LogP contribution in [0, 0.1) is 0 Å². The van der Waals surface area contributed by atoms with E-state index in [1.807, 2.05) is 49.4 Å². The van der Waals surface area contributed by atoms with Gasteiger partial charge in [-0.15, -0.1) is 0 Å². The van der Waals surface area contributed by atoms with Crippen LogP contribution in [0.3, 0.4) is 0 Å². The van der Waals surface area contributed by atoms with E-state index in [-0.39, 0.29) is 16.8 Å². The fraction of sp³-hybridized carbons (Fsp3) is 0.292. The van der Waals surface area contributed by atoms with E-state index in [0.29, 0.717) is 22.9 Å². The summed E-state index contributed by atoms with van der Waals surface area (Å²) in [5, 5.41) is 2.69. The maximum atomic E-state index is 13.2. The van der Waals surface area contributed by atoms with Gasteiger partial charge in [0.15, 0.2) is 5.11 Å². The number of carbonyl (C=O) groups is 2. The van der Waals surface area contributed by atoms with Gasteiger partial charge in [0, 0.05) is 0 Å². The summed E-state index contributed by atoms with van der Waals surface area (Å²) in [6.07, 6.45) is 2.54. The third kappa shape index (κ3) is 5.22. The third-order valence-electron chi connectivity index (χ3n) is 5.09. The number of rotatable bonds is 6. The quantitative estimate of drug-likeness (QED) is 0.319. The molecule has 2 aromatic rings. The van der Waals surface area contributed by atoms with Gasteiger partial charge in [-0.25, -0.2) is 0 Å². The highest BCUT2D eigenvalue weighted by molar-refractivity contribution is 9.10. The lowest BCUT2D eigenvalue weighted by molar-refractivity contribution is -0.122. The van der Waals surface area contributed by atoms with Gasteiger partial charge in [-0.3, -0.25) is 19.8 Å². The zero-order chi connectivity index (χ0) is 22.7. The zero-order valence-electron chi connectivity index (χ0n) is 17.9. The highest BCUT2D eigenvalue weighted by Crippen LogP contribution is 2.29. The number of carbonyl (C=O) groups excluding carboxylic acids is 2. The van der Waals surface area contributed by atoms with Crippen LogP contribution in [0.5, 0.6) is 5.75 Å². The van der Waals surface area contributed by atoms with E-state index in [1.165, 1.54) is 4.90 Å². The zero-order valence-corrected chi connectivity index (χ0v) is 20.3. The van der Waals surface area contributed by atoms with Crippen molar-refractivity contribution < 1.29 is 14.3 Å². The van der Waals surface area contributed by atoms with Crippen molar-refractivity contribution in [2.75, 3.05) is 4.90 Å². The van der Waals surface area contributed by atoms with Crippen LogP contribution in [-0.2, 0) is 9.59 Å². The first kappa shape index (κ1) is 23.2. The molecule has 2 aromatic carbocycles. The van der Waals surface area contributed by atoms with Crippen molar-refractivity contribution in [1.29, 1.82) is 0 Å². The number of hydrogen-bond acceptors (Lipinski definition) is 4. The molecule has 0 spiro atoms. The normalized spacial score (nSPS) is 16.6. The number of nitrogens with zero attached hydrogens (tertiary/aromatic N) is 1. The molecule has 7 heteroatoms. The first-order valence-electron chi connectivity index (χ1n) is 10.2. The number of thiocarbonyl (C=S) groups is 1. The molecule has 162 valence electrons. The van der Waals surface area contributed by atoms with Crippen molar-refractivity contribution in [3.8, 4) is 5.75 Å². The van der Waals surface area contributed by atoms with Crippen LogP contribution in [0.25, 0.3) is 6.08 Å². The average molecular weight is 501 g/mol. The molecule has 1 heterocycles. The average Bonchev–Trinajstić information content (AvgIpc) is 2.73. The molecule has 1 fully saturated rings. The summed E-state index contributed by atoms with van der Waals surface area (Å²) < 4.78 is 6.61. The maximum absolute atomic E-state index is 13.2. The van der Waals surface area contributed by atoms with Crippen LogP contribution in [-0.4, -0.2) is 23.0 Å². The molecule has 1 saturated heterocycles. The Bertz CT molecular complexity index is 1050. The van der Waals surface area contributed by atoms with Gasteiger partial charge in [-0.2, -0.15) is 0 Å². The summed E-state index contributed by atoms with van der Waals surface area (Å²) in [7, 11) is 0. The van der Waals surface area contributed by atoms with Gasteiger partial charge < -0.3 is 4.74 Å². The summed E-state index contributed by atoms with van der Waals surface area (Å²) in [5.41, 5.74) is 2.49. The summed E-state index contributed by atoms with van der Waals surface area (Å²) in [5.74, 6) is 0.117. The van der Waals surface area contributed by atoms with E-state index in [2.05, 4.69) is 42.0 Å². The van der Waals surface area contributed by atoms with Crippen molar-refractivity contribution in [3.05, 3.63) is 63.6 Å². The van der Waals surface area contributed by atoms with Crippen LogP contribution in [0.4, 0.5) is 5.69 Å². The number of benzene rings is 2. The van der Waals surface area contributed by atoms with Gasteiger partial charge in [-0.1, -0.05) is 39.0 Å². The molecular formula is C24H25BrN2O3S. The third-order valence-corrected chi connectivity index (χ3v) is 5.99. The Hall–Kier alpha value is -2.51. The van der Waals surface area contributed by atoms with Crippen LogP contribution in [0.15, 0.2) is 52.5 Å². The van der Waals surface area contributed by atoms with Gasteiger partial charge in [0.05, 0.1) is 16.3 Å². The first-order chi connectivity index (χ1) is 14.7. The number of anilines is 1. The van der Waals surface area contributed by atoms with Crippen LogP contribution >= 0.6 is 28.1 Å². The van der Waals surface area contributed by atoms with E-state index >= 15 is 0 Å². The number of nitrogens with one attached hydrogen (secondary N) is 1. The molecule has 1 aliphatic rings. The molecule has 0 bridgehead atoms. The molecule has 2 amide bonds. The topological polar surface area (TPSA) is 58.6 Å². The molecule has 0 radical (unpaired) electrons. The standard InChI is InChI=1S/C24H25BrN2O3S/c1-5-15(4)30-21-11-6-16(13-20(21)25)12-19-22(28)26-24(31)27(23(19)29)18-9-7-17(8-10-18)14(2)3/h6-15H,5H2,1-4H3,(H,26,28,31)/b19-12+/t15-/m1/s1. The minimum atomic E-state index is -0.513. The largest absolute Gasteiger partial charge is 0.490 e. The lowest BCUT2D eigenvalue weighted by Gasteiger charge is -2.29. The minimum Gasteiger partial charge on any atom is -0.490 e. The van der Waals surface area contributed by atoms with Crippen molar-refractivity contribution in [1.82, 2.24) is 5.32 Å². The van der Waals surface area contributed by atoms with E-state index < -0.39 is 11.8 Å². The molecule has 0 unspecified atom stereocenters. The molecule has 0 aromatic heterocycles. The number of halogens is 1. The van der Waals surface area contributed by atoms with Gasteiger partial charge in [0.25, 0.3) is 11.8 Å². The number of ether oxygens (including phenoxy) is 1. The minimum absolute atomic E-state index is 0.0176. The lowest BCUT2D eigenvalue weighted by atomic mass is 10.0. The highest BCUT2D eigenvalue weighted by atomic mass is 79.9. The van der Waals surface area contributed by atoms with Crippen molar-refractivity contribution >= 4 is 56.8 Å². The maximum Gasteiger partial charge on any atom is 0.270 e. The van der Waals surface area contributed by atoms with Crippen LogP contribution < -0.4 is 15.0 Å². The molecule has 1 aliphatic heterocycles. The Morgan fingerprint density at radius 1 is 1.13 bits per heavy atom. The van der Waals surface area contributed by atoms with Crippen molar-refractivity contribution in [2.24, 2.45) is 0 Å². The lowest BCUT2D eigenvalue weighted by Crippen LogP contribution is -2.54. The Morgan fingerprint density at radius 3 is 2.39 bits per heavy atom. The van der Waals surface area contributed by atoms with Gasteiger partial charge in [0.2, 0.25) is 0 Å². The fourth-order valence-electron chi connectivity index (χ4n) is 3.07. The fourth-order valence-corrected chi connectivity index (χ4v) is 3.84. The Morgan fingerprint density at radius 2 is 1.81 bits per heavy atom. The smallest absolute Gasteiger partial charge is 0.270 e. The summed E-state index contributed by atoms with van der Waals surface area (Å²) >= 11 is 8.78. The van der Waals surface area contributed by atoms with Crippen LogP contribution in [0.1, 0.15) is 51.2 Å². The molecular weight excluding hydrogens is 476 g/mol. The van der Waals surface area contributed by atoms with Gasteiger partial charge in [0.1, 0.15) is 11.3 Å². The van der Waals surface area contributed by atoms with Crippen molar-refractivity contribution in [2.45, 2.75) is 46.1 Å². The molecule has 0 aliphatic carbocycles. The van der Waals surface area contributed by atoms with E-state index in [9.17, 15) is 9.59 Å². The Kier molecular flexibility index (Phi) is 7.28. The predicted octanol–water partition coefficient (Wildman–Crippen LogP) is 5.58. The van der Waals surface area contributed by atoms with Crippen LogP contribution in [0.2, 0.25) is 0 Å². The highest BCUT2D eigenvalue weighted by Gasteiger charge is 2.34. The second-order valence-electron chi connectivity index (χ2n) is 7.73. The Labute approximate surface area is 196 Å². The predicted molar refractivity (Wildman–Crippen MR) is 131 cm³/mol. The first-order valence-corrected chi connectivity index (χ1v) is 11.4. The SMILES string of the molecule is CC[C@@H](C)Oc1ccc(/C=C2\C(=O)NC(=S)N(c3ccc(C(C)C)cc3)C2=O)cc1Br. The molecule has 1 N–H and O–H groups in total. The molecule has 5 nitrogen and oxygen atoms in total. The second-order valence-corrected chi connectivity index (χ2v) is 8.97. The summed E-state index contributed by atoms with van der Waals surface area (Å²) in [6.45, 7) is 8.25. The van der Waals surface area contributed by atoms with Crippen molar-refractivity contribution in [3.63, 3.8) is 0 Å². The molecule has 1 atom stereocenters. The molecule has 3 rings (SSSR count). The number of amides is 2. The van der Waals surface area contributed by atoms with E-state index in [0.717, 1.165) is 16.5 Å². The number of hydrogen-bond donors (Lipinski definition) is 1. The summed E-state index contributed by atoms with van der Waals surface area (Å²) in [4.78, 5) is 27.1. The second kappa shape index (κ2) is 9.75. The molecule has 31 heavy (non-hydrogen) atoms. The van der Waals surface area contributed by atoms with E-state index in [1.54, 1.807) is 6.08 Å². The van der Waals surface area contributed by atoms with E-state index in [4.69, 9.17) is 17.0 Å². The summed E-state index contributed by atoms with van der Waals surface area (Å²) in [6, 6.07) is 13.1. The Balaban J connectivity index is 1.91. The molecule has 0 saturated carbocycles. The monoisotopic (exact) mass is 500 g/mol. The van der Waals surface area contributed by atoms with Gasteiger partial charge in [-0.05, 0) is 88.9 Å².